The zero-order valence-corrected chi connectivity index (χ0v) is 13.0. The molecule has 0 bridgehead atoms. The van der Waals surface area contributed by atoms with Gasteiger partial charge in [-0.1, -0.05) is 12.1 Å². The summed E-state index contributed by atoms with van der Waals surface area (Å²) in [5, 5.41) is 2.92. The molecular weight excluding hydrogens is 294 g/mol. The number of nitrogens with two attached hydrogens (primary N) is 1. The Kier molecular flexibility index (Phi) is 4.27. The van der Waals surface area contributed by atoms with Gasteiger partial charge in [0.15, 0.2) is 0 Å². The van der Waals surface area contributed by atoms with Gasteiger partial charge in [0.25, 0.3) is 0 Å². The van der Waals surface area contributed by atoms with Crippen LogP contribution < -0.4 is 15.8 Å². The average molecular weight is 313 g/mol. The number of rotatable bonds is 3. The normalized spacial score (nSPS) is 13.3. The molecule has 0 unspecified atom stereocenters. The van der Waals surface area contributed by atoms with Crippen molar-refractivity contribution in [3.63, 3.8) is 0 Å². The monoisotopic (exact) mass is 313 g/mol. The first kappa shape index (κ1) is 15.1. The molecule has 1 aromatic carbocycles. The minimum absolute atomic E-state index is 0.108. The number of carbonyl (C=O) groups excluding carboxylic acids is 1. The van der Waals surface area contributed by atoms with Crippen LogP contribution in [0.25, 0.3) is 0 Å². The molecule has 1 aliphatic heterocycles. The molecule has 0 spiro atoms. The summed E-state index contributed by atoms with van der Waals surface area (Å²) in [6, 6.07) is 7.50. The summed E-state index contributed by atoms with van der Waals surface area (Å²) in [5.74, 6) is 1.04. The minimum Gasteiger partial charge on any atom is -0.497 e. The van der Waals surface area contributed by atoms with Crippen molar-refractivity contribution in [2.45, 2.75) is 19.5 Å². The molecule has 0 fully saturated rings. The summed E-state index contributed by atoms with van der Waals surface area (Å²) in [7, 11) is 1.63. The fraction of sp³-hybridized carbons (Fsp3) is 0.312. The van der Waals surface area contributed by atoms with Crippen molar-refractivity contribution >= 4 is 12.0 Å². The SMILES string of the molecule is COc1ccc(CNC(=O)N2CCc3cnc(N)nc3C2)cc1. The summed E-state index contributed by atoms with van der Waals surface area (Å²) in [4.78, 5) is 22.2. The molecular formula is C16H19N5O2. The van der Waals surface area contributed by atoms with Crippen LogP contribution in [0.4, 0.5) is 10.7 Å². The highest BCUT2D eigenvalue weighted by Crippen LogP contribution is 2.17. The van der Waals surface area contributed by atoms with E-state index in [-0.39, 0.29) is 12.0 Å². The molecule has 0 aliphatic carbocycles. The average Bonchev–Trinajstić information content (AvgIpc) is 2.59. The molecule has 0 saturated heterocycles. The summed E-state index contributed by atoms with van der Waals surface area (Å²) in [6.07, 6.45) is 2.48. The fourth-order valence-electron chi connectivity index (χ4n) is 2.52. The number of ether oxygens (including phenoxy) is 1. The Hall–Kier alpha value is -2.83. The molecule has 0 saturated carbocycles. The van der Waals surface area contributed by atoms with E-state index in [4.69, 9.17) is 10.5 Å². The largest absolute Gasteiger partial charge is 0.497 e. The zero-order chi connectivity index (χ0) is 16.2. The van der Waals surface area contributed by atoms with E-state index >= 15 is 0 Å². The van der Waals surface area contributed by atoms with Gasteiger partial charge in [-0.2, -0.15) is 0 Å². The first-order chi connectivity index (χ1) is 11.2. The number of methoxy groups -OCH3 is 1. The van der Waals surface area contributed by atoms with Gasteiger partial charge in [0.2, 0.25) is 5.95 Å². The second-order valence-electron chi connectivity index (χ2n) is 5.38. The molecule has 0 atom stereocenters. The van der Waals surface area contributed by atoms with Crippen molar-refractivity contribution in [1.82, 2.24) is 20.2 Å². The molecule has 3 N–H and O–H groups in total. The van der Waals surface area contributed by atoms with E-state index in [0.717, 1.165) is 29.0 Å². The number of urea groups is 1. The highest BCUT2D eigenvalue weighted by atomic mass is 16.5. The molecule has 2 heterocycles. The van der Waals surface area contributed by atoms with E-state index in [1.807, 2.05) is 24.3 Å². The van der Waals surface area contributed by atoms with Gasteiger partial charge < -0.3 is 20.7 Å². The van der Waals surface area contributed by atoms with Gasteiger partial charge in [-0.15, -0.1) is 0 Å². The van der Waals surface area contributed by atoms with E-state index in [0.29, 0.717) is 19.6 Å². The lowest BCUT2D eigenvalue weighted by molar-refractivity contribution is 0.191. The number of amides is 2. The Morgan fingerprint density at radius 2 is 2.17 bits per heavy atom. The summed E-state index contributed by atoms with van der Waals surface area (Å²) < 4.78 is 5.12. The standard InChI is InChI=1S/C16H19N5O2/c1-23-13-4-2-11(3-5-13)8-19-16(22)21-7-6-12-9-18-15(17)20-14(12)10-21/h2-5,9H,6-8,10H2,1H3,(H,19,22)(H2,17,18,20). The predicted octanol–water partition coefficient (Wildman–Crippen LogP) is 1.34. The van der Waals surface area contributed by atoms with Crippen LogP contribution in [0.15, 0.2) is 30.5 Å². The van der Waals surface area contributed by atoms with Crippen molar-refractivity contribution < 1.29 is 9.53 Å². The number of hydrogen-bond donors (Lipinski definition) is 2. The van der Waals surface area contributed by atoms with Crippen LogP contribution in [0.1, 0.15) is 16.8 Å². The first-order valence-corrected chi connectivity index (χ1v) is 7.41. The van der Waals surface area contributed by atoms with Crippen molar-refractivity contribution in [2.75, 3.05) is 19.4 Å². The zero-order valence-electron chi connectivity index (χ0n) is 13.0. The predicted molar refractivity (Wildman–Crippen MR) is 85.8 cm³/mol. The number of nitrogens with zero attached hydrogens (tertiary/aromatic N) is 3. The van der Waals surface area contributed by atoms with E-state index in [2.05, 4.69) is 15.3 Å². The second-order valence-corrected chi connectivity index (χ2v) is 5.38. The summed E-state index contributed by atoms with van der Waals surface area (Å²) in [6.45, 7) is 1.57. The minimum atomic E-state index is -0.108. The molecule has 3 rings (SSSR count). The Balaban J connectivity index is 1.58. The third kappa shape index (κ3) is 3.50. The van der Waals surface area contributed by atoms with Crippen LogP contribution in [-0.4, -0.2) is 34.6 Å². The number of hydrogen-bond acceptors (Lipinski definition) is 5. The molecule has 7 nitrogen and oxygen atoms in total. The number of nitrogen functional groups attached to an aromatic ring is 1. The molecule has 23 heavy (non-hydrogen) atoms. The molecule has 120 valence electrons. The van der Waals surface area contributed by atoms with Crippen molar-refractivity contribution in [3.05, 3.63) is 47.3 Å². The third-order valence-electron chi connectivity index (χ3n) is 3.85. The maximum Gasteiger partial charge on any atom is 0.318 e. The Morgan fingerprint density at radius 1 is 1.39 bits per heavy atom. The van der Waals surface area contributed by atoms with Crippen LogP contribution >= 0.6 is 0 Å². The van der Waals surface area contributed by atoms with Crippen LogP contribution in [0, 0.1) is 0 Å². The van der Waals surface area contributed by atoms with Gasteiger partial charge in [0.1, 0.15) is 5.75 Å². The van der Waals surface area contributed by atoms with Gasteiger partial charge in [-0.25, -0.2) is 14.8 Å². The molecule has 7 heteroatoms. The van der Waals surface area contributed by atoms with E-state index in [1.54, 1.807) is 18.2 Å². The number of aromatic nitrogens is 2. The van der Waals surface area contributed by atoms with Crippen LogP contribution in [0.2, 0.25) is 0 Å². The van der Waals surface area contributed by atoms with Gasteiger partial charge in [0.05, 0.1) is 19.3 Å². The van der Waals surface area contributed by atoms with Gasteiger partial charge >= 0.3 is 6.03 Å². The van der Waals surface area contributed by atoms with Gasteiger partial charge in [-0.05, 0) is 29.7 Å². The van der Waals surface area contributed by atoms with E-state index in [1.165, 1.54) is 0 Å². The lowest BCUT2D eigenvalue weighted by Gasteiger charge is -2.28. The van der Waals surface area contributed by atoms with Crippen LogP contribution in [0.5, 0.6) is 5.75 Å². The Bertz CT molecular complexity index is 702. The number of nitrogens with one attached hydrogen (secondary N) is 1. The van der Waals surface area contributed by atoms with Crippen molar-refractivity contribution in [3.8, 4) is 5.75 Å². The smallest absolute Gasteiger partial charge is 0.318 e. The lowest BCUT2D eigenvalue weighted by Crippen LogP contribution is -2.42. The first-order valence-electron chi connectivity index (χ1n) is 7.41. The number of benzene rings is 1. The quantitative estimate of drug-likeness (QED) is 0.892. The molecule has 0 radical (unpaired) electrons. The maximum atomic E-state index is 12.3. The van der Waals surface area contributed by atoms with Gasteiger partial charge in [-0.3, -0.25) is 0 Å². The molecule has 2 aromatic rings. The Labute approximate surface area is 134 Å². The van der Waals surface area contributed by atoms with E-state index < -0.39 is 0 Å². The second kappa shape index (κ2) is 6.51. The highest BCUT2D eigenvalue weighted by molar-refractivity contribution is 5.74. The van der Waals surface area contributed by atoms with E-state index in [9.17, 15) is 4.79 Å². The van der Waals surface area contributed by atoms with Crippen molar-refractivity contribution in [2.24, 2.45) is 0 Å². The number of fused-ring (bicyclic) bond motifs is 1. The maximum absolute atomic E-state index is 12.3. The van der Waals surface area contributed by atoms with Crippen LogP contribution in [0.3, 0.4) is 0 Å². The number of carbonyl (C=O) groups is 1. The highest BCUT2D eigenvalue weighted by Gasteiger charge is 2.21. The topological polar surface area (TPSA) is 93.4 Å². The Morgan fingerprint density at radius 3 is 2.91 bits per heavy atom. The number of anilines is 1. The van der Waals surface area contributed by atoms with Gasteiger partial charge in [0, 0.05) is 19.3 Å². The van der Waals surface area contributed by atoms with Crippen LogP contribution in [-0.2, 0) is 19.5 Å². The third-order valence-corrected chi connectivity index (χ3v) is 3.85. The fourth-order valence-corrected chi connectivity index (χ4v) is 2.52. The lowest BCUT2D eigenvalue weighted by atomic mass is 10.1. The summed E-state index contributed by atoms with van der Waals surface area (Å²) in [5.41, 5.74) is 8.50. The molecule has 1 aliphatic rings. The molecule has 2 amide bonds. The molecule has 1 aromatic heterocycles. The van der Waals surface area contributed by atoms with Crippen molar-refractivity contribution in [1.29, 1.82) is 0 Å². The summed E-state index contributed by atoms with van der Waals surface area (Å²) >= 11 is 0.